The Morgan fingerprint density at radius 3 is 3.08 bits per heavy atom. The first-order valence-electron chi connectivity index (χ1n) is 3.84. The summed E-state index contributed by atoms with van der Waals surface area (Å²) in [5.41, 5.74) is 3.78. The average Bonchev–Trinajstić information content (AvgIpc) is 2.06. The van der Waals surface area contributed by atoms with E-state index in [1.165, 1.54) is 5.56 Å². The molecule has 3 N–H and O–H groups in total. The third-order valence-electron chi connectivity index (χ3n) is 1.54. The van der Waals surface area contributed by atoms with E-state index in [0.717, 1.165) is 6.54 Å². The standard InChI is InChI=1S/C8H14N4/c1-12(7-11-9)6-8-3-2-4-10-5-8/h2-5,11H,6-7,9H2,1H3. The summed E-state index contributed by atoms with van der Waals surface area (Å²) in [5, 5.41) is 0. The van der Waals surface area contributed by atoms with Gasteiger partial charge in [0, 0.05) is 18.9 Å². The van der Waals surface area contributed by atoms with E-state index in [1.54, 1.807) is 6.20 Å². The predicted molar refractivity (Wildman–Crippen MR) is 47.9 cm³/mol. The lowest BCUT2D eigenvalue weighted by Crippen LogP contribution is -2.35. The summed E-state index contributed by atoms with van der Waals surface area (Å²) in [7, 11) is 1.99. The van der Waals surface area contributed by atoms with Gasteiger partial charge in [0.15, 0.2) is 0 Å². The summed E-state index contributed by atoms with van der Waals surface area (Å²) in [6.07, 6.45) is 3.62. The fourth-order valence-corrected chi connectivity index (χ4v) is 1.02. The molecule has 0 fully saturated rings. The van der Waals surface area contributed by atoms with Gasteiger partial charge < -0.3 is 0 Å². The number of hydrogen-bond donors (Lipinski definition) is 2. The number of nitrogens with zero attached hydrogens (tertiary/aromatic N) is 2. The van der Waals surface area contributed by atoms with Crippen LogP contribution in [-0.4, -0.2) is 23.6 Å². The number of aromatic nitrogens is 1. The molecule has 0 saturated carbocycles. The number of rotatable bonds is 4. The largest absolute Gasteiger partial charge is 0.288 e. The molecule has 1 aromatic heterocycles. The van der Waals surface area contributed by atoms with Crippen LogP contribution in [-0.2, 0) is 6.54 Å². The van der Waals surface area contributed by atoms with Crippen LogP contribution in [0.5, 0.6) is 0 Å². The van der Waals surface area contributed by atoms with Gasteiger partial charge >= 0.3 is 0 Å². The van der Waals surface area contributed by atoms with Crippen molar-refractivity contribution in [1.29, 1.82) is 0 Å². The van der Waals surface area contributed by atoms with Gasteiger partial charge in [-0.2, -0.15) is 0 Å². The smallest absolute Gasteiger partial charge is 0.0612 e. The topological polar surface area (TPSA) is 54.2 Å². The molecule has 0 aliphatic rings. The van der Waals surface area contributed by atoms with Gasteiger partial charge in [-0.15, -0.1) is 0 Å². The maximum Gasteiger partial charge on any atom is 0.0612 e. The Morgan fingerprint density at radius 1 is 1.67 bits per heavy atom. The van der Waals surface area contributed by atoms with E-state index in [-0.39, 0.29) is 0 Å². The molecule has 12 heavy (non-hydrogen) atoms. The summed E-state index contributed by atoms with van der Waals surface area (Å²) in [6.45, 7) is 1.53. The summed E-state index contributed by atoms with van der Waals surface area (Å²) in [5.74, 6) is 5.18. The summed E-state index contributed by atoms with van der Waals surface area (Å²) < 4.78 is 0. The minimum atomic E-state index is 0.675. The van der Waals surface area contributed by atoms with Crippen molar-refractivity contribution < 1.29 is 0 Å². The lowest BCUT2D eigenvalue weighted by Gasteiger charge is -2.14. The third kappa shape index (κ3) is 2.96. The van der Waals surface area contributed by atoms with Crippen LogP contribution in [0.15, 0.2) is 24.5 Å². The molecule has 0 aliphatic carbocycles. The molecule has 66 valence electrons. The number of nitrogens with one attached hydrogen (secondary N) is 1. The second-order valence-corrected chi connectivity index (χ2v) is 2.74. The Balaban J connectivity index is 2.41. The zero-order chi connectivity index (χ0) is 8.81. The zero-order valence-corrected chi connectivity index (χ0v) is 7.20. The first kappa shape index (κ1) is 9.12. The van der Waals surface area contributed by atoms with E-state index >= 15 is 0 Å². The first-order chi connectivity index (χ1) is 5.83. The molecule has 1 aromatic rings. The van der Waals surface area contributed by atoms with Crippen LogP contribution >= 0.6 is 0 Å². The van der Waals surface area contributed by atoms with Crippen LogP contribution in [0, 0.1) is 0 Å². The van der Waals surface area contributed by atoms with Crippen LogP contribution in [0.2, 0.25) is 0 Å². The molecular weight excluding hydrogens is 152 g/mol. The van der Waals surface area contributed by atoms with Gasteiger partial charge in [0.1, 0.15) is 0 Å². The fourth-order valence-electron chi connectivity index (χ4n) is 1.02. The van der Waals surface area contributed by atoms with Crippen molar-refractivity contribution >= 4 is 0 Å². The number of nitrogens with two attached hydrogens (primary N) is 1. The highest BCUT2D eigenvalue weighted by Gasteiger charge is 1.97. The van der Waals surface area contributed by atoms with Crippen molar-refractivity contribution in [3.63, 3.8) is 0 Å². The lowest BCUT2D eigenvalue weighted by atomic mass is 10.3. The highest BCUT2D eigenvalue weighted by Crippen LogP contribution is 1.98. The molecule has 0 radical (unpaired) electrons. The van der Waals surface area contributed by atoms with Crippen LogP contribution < -0.4 is 11.3 Å². The minimum Gasteiger partial charge on any atom is -0.288 e. The van der Waals surface area contributed by atoms with Crippen molar-refractivity contribution in [2.45, 2.75) is 6.54 Å². The first-order valence-corrected chi connectivity index (χ1v) is 3.84. The summed E-state index contributed by atoms with van der Waals surface area (Å²) in [4.78, 5) is 6.09. The molecule has 0 aliphatic heterocycles. The highest BCUT2D eigenvalue weighted by molar-refractivity contribution is 5.07. The monoisotopic (exact) mass is 166 g/mol. The lowest BCUT2D eigenvalue weighted by molar-refractivity contribution is 0.301. The van der Waals surface area contributed by atoms with Gasteiger partial charge in [0.25, 0.3) is 0 Å². The van der Waals surface area contributed by atoms with Gasteiger partial charge in [-0.05, 0) is 18.7 Å². The Hall–Kier alpha value is -0.970. The normalized spacial score (nSPS) is 10.6. The molecule has 1 heterocycles. The van der Waals surface area contributed by atoms with Crippen molar-refractivity contribution in [3.8, 4) is 0 Å². The van der Waals surface area contributed by atoms with Crippen molar-refractivity contribution in [3.05, 3.63) is 30.1 Å². The Labute approximate surface area is 72.4 Å². The maximum absolute atomic E-state index is 5.18. The van der Waals surface area contributed by atoms with E-state index in [0.29, 0.717) is 6.67 Å². The molecule has 4 heteroatoms. The molecule has 0 amide bonds. The quantitative estimate of drug-likeness (QED) is 0.373. The molecule has 0 saturated heterocycles. The van der Waals surface area contributed by atoms with Gasteiger partial charge in [-0.3, -0.25) is 15.7 Å². The van der Waals surface area contributed by atoms with Gasteiger partial charge in [0.2, 0.25) is 0 Å². The van der Waals surface area contributed by atoms with Crippen molar-refractivity contribution in [1.82, 2.24) is 15.3 Å². The fraction of sp³-hybridized carbons (Fsp3) is 0.375. The second-order valence-electron chi connectivity index (χ2n) is 2.74. The van der Waals surface area contributed by atoms with Crippen molar-refractivity contribution in [2.24, 2.45) is 5.84 Å². The van der Waals surface area contributed by atoms with Crippen LogP contribution in [0.25, 0.3) is 0 Å². The third-order valence-corrected chi connectivity index (χ3v) is 1.54. The Kier molecular flexibility index (Phi) is 3.66. The van der Waals surface area contributed by atoms with E-state index in [4.69, 9.17) is 5.84 Å². The van der Waals surface area contributed by atoms with Gasteiger partial charge in [-0.1, -0.05) is 6.07 Å². The number of hydrogen-bond acceptors (Lipinski definition) is 4. The molecule has 0 aromatic carbocycles. The minimum absolute atomic E-state index is 0.675. The molecule has 0 atom stereocenters. The molecule has 4 nitrogen and oxygen atoms in total. The van der Waals surface area contributed by atoms with Crippen LogP contribution in [0.4, 0.5) is 0 Å². The number of pyridine rings is 1. The Bertz CT molecular complexity index is 212. The van der Waals surface area contributed by atoms with E-state index in [1.807, 2.05) is 25.4 Å². The zero-order valence-electron chi connectivity index (χ0n) is 7.20. The van der Waals surface area contributed by atoms with Crippen LogP contribution in [0.1, 0.15) is 5.56 Å². The van der Waals surface area contributed by atoms with Crippen LogP contribution in [0.3, 0.4) is 0 Å². The number of hydrazine groups is 1. The average molecular weight is 166 g/mol. The van der Waals surface area contributed by atoms with Gasteiger partial charge in [-0.25, -0.2) is 5.43 Å². The van der Waals surface area contributed by atoms with E-state index < -0.39 is 0 Å². The van der Waals surface area contributed by atoms with Crippen molar-refractivity contribution in [2.75, 3.05) is 13.7 Å². The summed E-state index contributed by atoms with van der Waals surface area (Å²) in [6, 6.07) is 3.97. The molecule has 0 unspecified atom stereocenters. The van der Waals surface area contributed by atoms with Gasteiger partial charge in [0.05, 0.1) is 6.67 Å². The molecule has 0 spiro atoms. The van der Waals surface area contributed by atoms with E-state index in [2.05, 4.69) is 15.3 Å². The molecule has 1 rings (SSSR count). The summed E-state index contributed by atoms with van der Waals surface area (Å²) >= 11 is 0. The predicted octanol–water partition coefficient (Wildman–Crippen LogP) is -0.0658. The Morgan fingerprint density at radius 2 is 2.50 bits per heavy atom. The molecular formula is C8H14N4. The second kappa shape index (κ2) is 4.82. The van der Waals surface area contributed by atoms with E-state index in [9.17, 15) is 0 Å². The maximum atomic E-state index is 5.18. The SMILES string of the molecule is CN(CNN)Cc1cccnc1. The molecule has 0 bridgehead atoms. The highest BCUT2D eigenvalue weighted by atomic mass is 15.3.